The van der Waals surface area contributed by atoms with Crippen LogP contribution in [0.4, 0.5) is 0 Å². The van der Waals surface area contributed by atoms with E-state index in [1.165, 1.54) is 16.3 Å². The number of hydrogen-bond acceptors (Lipinski definition) is 4. The summed E-state index contributed by atoms with van der Waals surface area (Å²) in [7, 11) is 1.68. The minimum atomic E-state index is -0.164. The summed E-state index contributed by atoms with van der Waals surface area (Å²) < 4.78 is 1.49. The molecule has 0 aliphatic rings. The second kappa shape index (κ2) is 2.88. The van der Waals surface area contributed by atoms with Gasteiger partial charge in [0.1, 0.15) is 5.52 Å². The summed E-state index contributed by atoms with van der Waals surface area (Å²) in [5.74, 6) is 0. The van der Waals surface area contributed by atoms with Gasteiger partial charge in [0.25, 0.3) is 0 Å². The predicted octanol–water partition coefficient (Wildman–Crippen LogP) is 0.378. The van der Waals surface area contributed by atoms with E-state index in [9.17, 15) is 4.79 Å². The molecule has 0 saturated carbocycles. The normalized spacial score (nSPS) is 10.9. The van der Waals surface area contributed by atoms with Crippen molar-refractivity contribution in [3.8, 4) is 0 Å². The minimum absolute atomic E-state index is 0.164. The summed E-state index contributed by atoms with van der Waals surface area (Å²) in [5.41, 5.74) is 1.15. The topological polar surface area (TPSA) is 63.6 Å². The average molecular weight is 196 g/mol. The van der Waals surface area contributed by atoms with Gasteiger partial charge in [-0.3, -0.25) is 9.55 Å². The lowest BCUT2D eigenvalue weighted by molar-refractivity contribution is 0.888. The van der Waals surface area contributed by atoms with E-state index in [-0.39, 0.29) is 5.69 Å². The molecule has 13 heavy (non-hydrogen) atoms. The molecule has 0 fully saturated rings. The monoisotopic (exact) mass is 196 g/mol. The van der Waals surface area contributed by atoms with E-state index in [2.05, 4.69) is 15.0 Å². The van der Waals surface area contributed by atoms with Crippen molar-refractivity contribution in [3.63, 3.8) is 0 Å². The van der Waals surface area contributed by atoms with Gasteiger partial charge < -0.3 is 0 Å². The number of imidazole rings is 1. The van der Waals surface area contributed by atoms with Gasteiger partial charge in [0.15, 0.2) is 10.8 Å². The highest BCUT2D eigenvalue weighted by molar-refractivity contribution is 7.98. The molecule has 0 atom stereocenters. The summed E-state index contributed by atoms with van der Waals surface area (Å²) in [6.07, 6.45) is 3.54. The second-order valence-electron chi connectivity index (χ2n) is 2.58. The molecule has 2 aromatic heterocycles. The Kier molecular flexibility index (Phi) is 1.84. The highest BCUT2D eigenvalue weighted by Crippen LogP contribution is 2.11. The summed E-state index contributed by atoms with van der Waals surface area (Å²) in [5, 5.41) is 0.661. The van der Waals surface area contributed by atoms with Gasteiger partial charge >= 0.3 is 5.69 Å². The van der Waals surface area contributed by atoms with Gasteiger partial charge in [0.05, 0.1) is 6.20 Å². The van der Waals surface area contributed by atoms with Crippen molar-refractivity contribution in [2.24, 2.45) is 7.05 Å². The number of hydrogen-bond donors (Lipinski definition) is 1. The van der Waals surface area contributed by atoms with Gasteiger partial charge in [-0.2, -0.15) is 0 Å². The van der Waals surface area contributed by atoms with Crippen molar-refractivity contribution >= 4 is 22.9 Å². The molecule has 2 aromatic rings. The number of aromatic amines is 1. The molecule has 5 nitrogen and oxygen atoms in total. The van der Waals surface area contributed by atoms with Crippen molar-refractivity contribution < 1.29 is 0 Å². The van der Waals surface area contributed by atoms with Crippen LogP contribution >= 0.6 is 11.8 Å². The van der Waals surface area contributed by atoms with E-state index < -0.39 is 0 Å². The molecular weight excluding hydrogens is 188 g/mol. The second-order valence-corrected chi connectivity index (χ2v) is 3.35. The van der Waals surface area contributed by atoms with Crippen LogP contribution < -0.4 is 5.69 Å². The Morgan fingerprint density at radius 3 is 3.08 bits per heavy atom. The Morgan fingerprint density at radius 2 is 2.38 bits per heavy atom. The molecule has 0 saturated heterocycles. The van der Waals surface area contributed by atoms with Gasteiger partial charge in [-0.05, 0) is 6.26 Å². The zero-order valence-corrected chi connectivity index (χ0v) is 8.05. The zero-order chi connectivity index (χ0) is 9.42. The fourth-order valence-corrected chi connectivity index (χ4v) is 1.43. The van der Waals surface area contributed by atoms with Crippen molar-refractivity contribution in [2.75, 3.05) is 6.26 Å². The Balaban J connectivity index is 2.80. The van der Waals surface area contributed by atoms with Gasteiger partial charge in [0, 0.05) is 7.05 Å². The minimum Gasteiger partial charge on any atom is -0.292 e. The summed E-state index contributed by atoms with van der Waals surface area (Å²) >= 11 is 1.45. The largest absolute Gasteiger partial charge is 0.327 e. The molecule has 0 aromatic carbocycles. The van der Waals surface area contributed by atoms with Crippen LogP contribution in [0.2, 0.25) is 0 Å². The average Bonchev–Trinajstić information content (AvgIpc) is 2.42. The standard InChI is InChI=1S/C7H8N4OS/c1-11-4-3-8-6(13-2)9-5(4)10-7(11)12/h3H,1-2H3,(H,8,9,10,12). The summed E-state index contributed by atoms with van der Waals surface area (Å²) in [4.78, 5) is 22.0. The molecule has 0 bridgehead atoms. The van der Waals surface area contributed by atoms with Crippen molar-refractivity contribution in [2.45, 2.75) is 5.16 Å². The molecule has 0 aliphatic carbocycles. The first kappa shape index (κ1) is 8.31. The quantitative estimate of drug-likeness (QED) is 0.529. The van der Waals surface area contributed by atoms with Gasteiger partial charge in [0.2, 0.25) is 0 Å². The van der Waals surface area contributed by atoms with Crippen LogP contribution in [0, 0.1) is 0 Å². The van der Waals surface area contributed by atoms with Crippen LogP contribution in [-0.2, 0) is 7.05 Å². The van der Waals surface area contributed by atoms with Gasteiger partial charge in [-0.15, -0.1) is 0 Å². The number of nitrogens with zero attached hydrogens (tertiary/aromatic N) is 3. The van der Waals surface area contributed by atoms with Crippen molar-refractivity contribution in [1.29, 1.82) is 0 Å². The van der Waals surface area contributed by atoms with Crippen LogP contribution in [0.1, 0.15) is 0 Å². The first-order chi connectivity index (χ1) is 6.22. The van der Waals surface area contributed by atoms with Crippen molar-refractivity contribution in [1.82, 2.24) is 19.5 Å². The van der Waals surface area contributed by atoms with E-state index in [1.807, 2.05) is 6.26 Å². The van der Waals surface area contributed by atoms with Crippen LogP contribution in [0.3, 0.4) is 0 Å². The molecule has 0 aliphatic heterocycles. The molecule has 0 amide bonds. The highest BCUT2D eigenvalue weighted by atomic mass is 32.2. The Bertz CT molecular complexity index is 501. The Morgan fingerprint density at radius 1 is 1.62 bits per heavy atom. The van der Waals surface area contributed by atoms with E-state index >= 15 is 0 Å². The number of thioether (sulfide) groups is 1. The van der Waals surface area contributed by atoms with E-state index in [4.69, 9.17) is 0 Å². The smallest absolute Gasteiger partial charge is 0.292 e. The van der Waals surface area contributed by atoms with Crippen LogP contribution in [0.25, 0.3) is 11.2 Å². The van der Waals surface area contributed by atoms with E-state index in [0.717, 1.165) is 5.52 Å². The number of aromatic nitrogens is 4. The lowest BCUT2D eigenvalue weighted by Gasteiger charge is -1.94. The summed E-state index contributed by atoms with van der Waals surface area (Å²) in [6.45, 7) is 0. The Hall–Kier alpha value is -1.30. The number of rotatable bonds is 1. The third-order valence-corrected chi connectivity index (χ3v) is 2.38. The molecule has 0 radical (unpaired) electrons. The molecule has 0 unspecified atom stereocenters. The maximum atomic E-state index is 11.2. The van der Waals surface area contributed by atoms with Gasteiger partial charge in [-0.25, -0.2) is 14.8 Å². The van der Waals surface area contributed by atoms with Crippen LogP contribution in [-0.4, -0.2) is 25.8 Å². The lowest BCUT2D eigenvalue weighted by Crippen LogP contribution is -2.11. The maximum Gasteiger partial charge on any atom is 0.327 e. The molecule has 68 valence electrons. The molecule has 6 heteroatoms. The van der Waals surface area contributed by atoms with Crippen LogP contribution in [0.15, 0.2) is 16.1 Å². The van der Waals surface area contributed by atoms with Gasteiger partial charge in [-0.1, -0.05) is 11.8 Å². The molecule has 2 heterocycles. The predicted molar refractivity (Wildman–Crippen MR) is 50.9 cm³/mol. The molecule has 1 N–H and O–H groups in total. The fraction of sp³-hybridized carbons (Fsp3) is 0.286. The zero-order valence-electron chi connectivity index (χ0n) is 7.24. The third-order valence-electron chi connectivity index (χ3n) is 1.82. The number of nitrogens with one attached hydrogen (secondary N) is 1. The Labute approximate surface area is 78.2 Å². The third kappa shape index (κ3) is 1.23. The van der Waals surface area contributed by atoms with Crippen LogP contribution in [0.5, 0.6) is 0 Å². The molecule has 2 rings (SSSR count). The SMILES string of the molecule is CSc1ncc2c(n1)[nH]c(=O)n2C. The lowest BCUT2D eigenvalue weighted by atomic mass is 10.5. The summed E-state index contributed by atoms with van der Waals surface area (Å²) in [6, 6.07) is 0. The first-order valence-electron chi connectivity index (χ1n) is 3.68. The first-order valence-corrected chi connectivity index (χ1v) is 4.90. The number of H-pyrrole nitrogens is 1. The number of fused-ring (bicyclic) bond motifs is 1. The highest BCUT2D eigenvalue weighted by Gasteiger charge is 2.04. The van der Waals surface area contributed by atoms with E-state index in [1.54, 1.807) is 13.2 Å². The molecular formula is C7H8N4OS. The van der Waals surface area contributed by atoms with Crippen molar-refractivity contribution in [3.05, 3.63) is 16.7 Å². The number of aryl methyl sites for hydroxylation is 1. The van der Waals surface area contributed by atoms with E-state index in [0.29, 0.717) is 10.8 Å². The fourth-order valence-electron chi connectivity index (χ4n) is 1.09. The maximum absolute atomic E-state index is 11.2. The molecule has 0 spiro atoms.